The number of benzene rings is 1. The third kappa shape index (κ3) is 4.28. The Labute approximate surface area is 125 Å². The Morgan fingerprint density at radius 2 is 1.86 bits per heavy atom. The summed E-state index contributed by atoms with van der Waals surface area (Å²) in [4.78, 5) is 10.8. The molecule has 5 nitrogen and oxygen atoms in total. The summed E-state index contributed by atoms with van der Waals surface area (Å²) in [5, 5.41) is 8.85. The third-order valence-electron chi connectivity index (χ3n) is 3.41. The van der Waals surface area contributed by atoms with Gasteiger partial charge in [-0.1, -0.05) is 26.0 Å². The van der Waals surface area contributed by atoms with E-state index in [9.17, 15) is 13.2 Å². The molecule has 1 fully saturated rings. The Morgan fingerprint density at radius 3 is 2.29 bits per heavy atom. The normalized spacial score (nSPS) is 15.6. The number of nitrogens with zero attached hydrogens (tertiary/aromatic N) is 1. The van der Waals surface area contributed by atoms with Gasteiger partial charge in [-0.3, -0.25) is 0 Å². The van der Waals surface area contributed by atoms with Crippen molar-refractivity contribution >= 4 is 16.0 Å². The molecule has 0 amide bonds. The summed E-state index contributed by atoms with van der Waals surface area (Å²) in [5.41, 5.74) is 0.784. The van der Waals surface area contributed by atoms with E-state index in [1.807, 2.05) is 13.8 Å². The average molecular weight is 311 g/mol. The van der Waals surface area contributed by atoms with Crippen LogP contribution < -0.4 is 0 Å². The topological polar surface area (TPSA) is 74.7 Å². The van der Waals surface area contributed by atoms with Crippen LogP contribution in [0.25, 0.3) is 0 Å². The highest BCUT2D eigenvalue weighted by Gasteiger charge is 2.37. The molecular formula is C15H21NO4S. The highest BCUT2D eigenvalue weighted by Crippen LogP contribution is 2.31. The summed E-state index contributed by atoms with van der Waals surface area (Å²) in [6.45, 7) is 4.55. The van der Waals surface area contributed by atoms with Crippen LogP contribution in [-0.4, -0.2) is 36.4 Å². The second-order valence-corrected chi connectivity index (χ2v) is 7.87. The number of aromatic carboxylic acids is 1. The van der Waals surface area contributed by atoms with Crippen LogP contribution in [0.4, 0.5) is 0 Å². The highest BCUT2D eigenvalue weighted by molar-refractivity contribution is 7.88. The van der Waals surface area contributed by atoms with Crippen molar-refractivity contribution in [3.8, 4) is 0 Å². The molecule has 1 aliphatic carbocycles. The number of sulfonamides is 1. The smallest absolute Gasteiger partial charge is 0.335 e. The van der Waals surface area contributed by atoms with Crippen LogP contribution in [0.3, 0.4) is 0 Å². The molecule has 6 heteroatoms. The first kappa shape index (κ1) is 16.0. The Morgan fingerprint density at radius 1 is 1.29 bits per heavy atom. The van der Waals surface area contributed by atoms with Crippen LogP contribution in [0.2, 0.25) is 0 Å². The van der Waals surface area contributed by atoms with Crippen molar-refractivity contribution in [3.63, 3.8) is 0 Å². The monoisotopic (exact) mass is 311 g/mol. The predicted octanol–water partition coefficient (Wildman–Crippen LogP) is 2.33. The van der Waals surface area contributed by atoms with Crippen molar-refractivity contribution in [3.05, 3.63) is 35.4 Å². The van der Waals surface area contributed by atoms with Gasteiger partial charge in [0, 0.05) is 12.6 Å². The van der Waals surface area contributed by atoms with Gasteiger partial charge in [-0.05, 0) is 36.5 Å². The summed E-state index contributed by atoms with van der Waals surface area (Å²) in [6, 6.07) is 6.17. The van der Waals surface area contributed by atoms with Gasteiger partial charge in [0.05, 0.1) is 11.3 Å². The Hall–Kier alpha value is -1.40. The van der Waals surface area contributed by atoms with E-state index in [2.05, 4.69) is 0 Å². The number of rotatable bonds is 7. The fourth-order valence-corrected chi connectivity index (χ4v) is 4.22. The van der Waals surface area contributed by atoms with E-state index in [4.69, 9.17) is 5.11 Å². The third-order valence-corrected chi connectivity index (χ3v) is 5.27. The van der Waals surface area contributed by atoms with Gasteiger partial charge in [0.15, 0.2) is 0 Å². The van der Waals surface area contributed by atoms with Gasteiger partial charge in [0.25, 0.3) is 0 Å². The Bertz CT molecular complexity index is 603. The van der Waals surface area contributed by atoms with Gasteiger partial charge in [-0.25, -0.2) is 13.2 Å². The lowest BCUT2D eigenvalue weighted by molar-refractivity contribution is 0.0697. The van der Waals surface area contributed by atoms with E-state index in [0.29, 0.717) is 12.1 Å². The quantitative estimate of drug-likeness (QED) is 0.838. The van der Waals surface area contributed by atoms with Crippen molar-refractivity contribution in [2.75, 3.05) is 6.54 Å². The predicted molar refractivity (Wildman–Crippen MR) is 80.6 cm³/mol. The molecule has 0 unspecified atom stereocenters. The largest absolute Gasteiger partial charge is 0.478 e. The first-order chi connectivity index (χ1) is 9.79. The zero-order valence-corrected chi connectivity index (χ0v) is 13.1. The summed E-state index contributed by atoms with van der Waals surface area (Å²) in [7, 11) is -3.35. The highest BCUT2D eigenvalue weighted by atomic mass is 32.2. The molecule has 0 aromatic heterocycles. The standard InChI is InChI=1S/C15H21NO4S/c1-11(2)9-16(14-7-8-14)21(19,20)10-12-3-5-13(6-4-12)15(17)18/h3-6,11,14H,7-10H2,1-2H3,(H,17,18). The minimum absolute atomic E-state index is 0.0733. The fourth-order valence-electron chi connectivity index (χ4n) is 2.25. The molecule has 1 aromatic rings. The molecule has 1 saturated carbocycles. The number of carboxylic acids is 1. The zero-order valence-electron chi connectivity index (χ0n) is 12.3. The van der Waals surface area contributed by atoms with Crippen molar-refractivity contribution in [1.82, 2.24) is 4.31 Å². The van der Waals surface area contributed by atoms with Crippen molar-refractivity contribution in [1.29, 1.82) is 0 Å². The summed E-state index contributed by atoms with van der Waals surface area (Å²) in [5.74, 6) is -0.797. The van der Waals surface area contributed by atoms with Gasteiger partial charge in [-0.2, -0.15) is 4.31 Å². The lowest BCUT2D eigenvalue weighted by atomic mass is 10.1. The van der Waals surface area contributed by atoms with E-state index < -0.39 is 16.0 Å². The lowest BCUT2D eigenvalue weighted by Gasteiger charge is -2.23. The number of carbonyl (C=O) groups is 1. The van der Waals surface area contributed by atoms with Crippen molar-refractivity contribution in [2.24, 2.45) is 5.92 Å². The SMILES string of the molecule is CC(C)CN(C1CC1)S(=O)(=O)Cc1ccc(C(=O)O)cc1. The second-order valence-electron chi connectivity index (χ2n) is 5.95. The number of hydrogen-bond donors (Lipinski definition) is 1. The Kier molecular flexibility index (Phi) is 4.68. The number of hydrogen-bond acceptors (Lipinski definition) is 3. The van der Waals surface area contributed by atoms with Crippen LogP contribution in [0.15, 0.2) is 24.3 Å². The van der Waals surface area contributed by atoms with E-state index in [1.54, 1.807) is 16.4 Å². The van der Waals surface area contributed by atoms with Crippen LogP contribution in [0.5, 0.6) is 0 Å². The molecule has 0 aliphatic heterocycles. The maximum Gasteiger partial charge on any atom is 0.335 e. The van der Waals surface area contributed by atoms with Crippen LogP contribution in [0.1, 0.15) is 42.6 Å². The first-order valence-corrected chi connectivity index (χ1v) is 8.72. The second kappa shape index (κ2) is 6.15. The van der Waals surface area contributed by atoms with Crippen molar-refractivity contribution in [2.45, 2.75) is 38.5 Å². The summed E-state index contributed by atoms with van der Waals surface area (Å²) in [6.07, 6.45) is 1.87. The molecule has 0 spiro atoms. The molecule has 1 N–H and O–H groups in total. The first-order valence-electron chi connectivity index (χ1n) is 7.11. The van der Waals surface area contributed by atoms with E-state index >= 15 is 0 Å². The van der Waals surface area contributed by atoms with Crippen LogP contribution >= 0.6 is 0 Å². The molecule has 0 radical (unpaired) electrons. The van der Waals surface area contributed by atoms with E-state index in [-0.39, 0.29) is 23.3 Å². The van der Waals surface area contributed by atoms with Crippen LogP contribution in [0, 0.1) is 5.92 Å². The van der Waals surface area contributed by atoms with Gasteiger partial charge < -0.3 is 5.11 Å². The average Bonchev–Trinajstić information content (AvgIpc) is 3.20. The maximum atomic E-state index is 12.5. The van der Waals surface area contributed by atoms with Gasteiger partial charge in [0.1, 0.15) is 0 Å². The fraction of sp³-hybridized carbons (Fsp3) is 0.533. The van der Waals surface area contributed by atoms with Gasteiger partial charge in [-0.15, -0.1) is 0 Å². The maximum absolute atomic E-state index is 12.5. The molecule has 2 rings (SSSR count). The minimum atomic E-state index is -3.35. The number of carboxylic acid groups (broad SMARTS) is 1. The molecular weight excluding hydrogens is 290 g/mol. The van der Waals surface area contributed by atoms with Crippen LogP contribution in [-0.2, 0) is 15.8 Å². The van der Waals surface area contributed by atoms with E-state index in [0.717, 1.165) is 12.8 Å². The molecule has 0 atom stereocenters. The van der Waals surface area contributed by atoms with Gasteiger partial charge in [0.2, 0.25) is 10.0 Å². The van der Waals surface area contributed by atoms with Gasteiger partial charge >= 0.3 is 5.97 Å². The van der Waals surface area contributed by atoms with Crippen molar-refractivity contribution < 1.29 is 18.3 Å². The molecule has 1 aliphatic rings. The summed E-state index contributed by atoms with van der Waals surface area (Å²) >= 11 is 0. The molecule has 0 heterocycles. The Balaban J connectivity index is 2.13. The zero-order chi connectivity index (χ0) is 15.6. The molecule has 0 saturated heterocycles. The minimum Gasteiger partial charge on any atom is -0.478 e. The summed E-state index contributed by atoms with van der Waals surface area (Å²) < 4.78 is 26.7. The lowest BCUT2D eigenvalue weighted by Crippen LogP contribution is -2.36. The molecule has 21 heavy (non-hydrogen) atoms. The molecule has 1 aromatic carbocycles. The van der Waals surface area contributed by atoms with E-state index in [1.165, 1.54) is 12.1 Å². The molecule has 116 valence electrons. The molecule has 0 bridgehead atoms.